The van der Waals surface area contributed by atoms with Crippen molar-refractivity contribution in [2.75, 3.05) is 57.0 Å². The van der Waals surface area contributed by atoms with Gasteiger partial charge in [0.2, 0.25) is 0 Å². The van der Waals surface area contributed by atoms with Crippen molar-refractivity contribution in [2.24, 2.45) is 10.2 Å². The number of hydrogen-bond acceptors (Lipinski definition) is 5. The zero-order valence-electron chi connectivity index (χ0n) is 20.6. The molecule has 1 heterocycles. The summed E-state index contributed by atoms with van der Waals surface area (Å²) in [5.74, 6) is 0.845. The van der Waals surface area contributed by atoms with Gasteiger partial charge in [-0.25, -0.2) is 0 Å². The molecule has 0 radical (unpaired) electrons. The first kappa shape index (κ1) is 27.4. The Labute approximate surface area is 203 Å². The molecule has 0 saturated heterocycles. The zero-order valence-corrected chi connectivity index (χ0v) is 20.6. The second-order valence-electron chi connectivity index (χ2n) is 8.14. The number of aromatic nitrogens is 2. The van der Waals surface area contributed by atoms with Gasteiger partial charge in [0.25, 0.3) is 0 Å². The molecule has 2 aromatic carbocycles. The summed E-state index contributed by atoms with van der Waals surface area (Å²) >= 11 is 0. The highest BCUT2D eigenvalue weighted by molar-refractivity contribution is 6.50. The van der Waals surface area contributed by atoms with Gasteiger partial charge in [-0.1, -0.05) is 24.3 Å². The van der Waals surface area contributed by atoms with Crippen molar-refractivity contribution in [3.63, 3.8) is 0 Å². The predicted octanol–water partition coefficient (Wildman–Crippen LogP) is 4.04. The average molecular weight is 491 g/mol. The fraction of sp³-hybridized carbons (Fsp3) is 0.261. The smallest absolute Gasteiger partial charge is 0.418 e. The summed E-state index contributed by atoms with van der Waals surface area (Å²) in [6.07, 6.45) is 7.49. The average Bonchev–Trinajstić information content (AvgIpc) is 3.19. The molecule has 0 saturated carbocycles. The van der Waals surface area contributed by atoms with E-state index in [1.54, 1.807) is 0 Å². The number of halogens is 4. The molecule has 35 heavy (non-hydrogen) atoms. The van der Waals surface area contributed by atoms with E-state index in [9.17, 15) is 17.3 Å². The standard InChI is InChI=1S/C23H30N7.BF4/c1-26(2)21-11-7-19(8-12-21)17-24-29-15-16-30(23(29)28(5)6)25-18-20-9-13-22(14-10-20)27(3)4;2-1(3,4)5/h7-18H,1-6H3;/q+1;-1/b24-17+,25-18+;. The monoisotopic (exact) mass is 491 g/mol. The van der Waals surface area contributed by atoms with Gasteiger partial charge in [-0.3, -0.25) is 4.90 Å². The quantitative estimate of drug-likeness (QED) is 0.217. The van der Waals surface area contributed by atoms with Crippen LogP contribution in [0.15, 0.2) is 71.1 Å². The molecule has 0 aliphatic heterocycles. The molecule has 0 N–H and O–H groups in total. The number of imidazole rings is 1. The topological polar surface area (TPSA) is 43.2 Å². The molecule has 0 amide bonds. The van der Waals surface area contributed by atoms with E-state index in [1.165, 1.54) is 0 Å². The van der Waals surface area contributed by atoms with Gasteiger partial charge < -0.3 is 27.1 Å². The van der Waals surface area contributed by atoms with Crippen molar-refractivity contribution in [1.82, 2.24) is 4.68 Å². The van der Waals surface area contributed by atoms with Crippen molar-refractivity contribution in [2.45, 2.75) is 0 Å². The molecule has 3 rings (SSSR count). The molecular weight excluding hydrogens is 461 g/mol. The summed E-state index contributed by atoms with van der Waals surface area (Å²) in [6, 6.07) is 16.5. The minimum absolute atomic E-state index is 0.845. The van der Waals surface area contributed by atoms with E-state index in [0.29, 0.717) is 0 Å². The number of rotatable bonds is 7. The Kier molecular flexibility index (Phi) is 9.44. The zero-order chi connectivity index (χ0) is 26.2. The normalized spacial score (nSPS) is 11.5. The van der Waals surface area contributed by atoms with Crippen LogP contribution >= 0.6 is 0 Å². The van der Waals surface area contributed by atoms with Gasteiger partial charge in [-0.05, 0) is 35.4 Å². The Bertz CT molecular complexity index is 1040. The fourth-order valence-electron chi connectivity index (χ4n) is 2.93. The SMILES string of the molecule is CN(C)c1ccc(/C=N/n2cc[n+](/N=C/c3ccc(N(C)C)cc3)c2N(C)C)cc1.F[B-](F)(F)F. The lowest BCUT2D eigenvalue weighted by molar-refractivity contribution is -0.664. The van der Waals surface area contributed by atoms with Gasteiger partial charge in [0.1, 0.15) is 12.4 Å². The van der Waals surface area contributed by atoms with Crippen LogP contribution in [0.2, 0.25) is 0 Å². The van der Waals surface area contributed by atoms with Gasteiger partial charge in [0.15, 0.2) is 0 Å². The third-order valence-corrected chi connectivity index (χ3v) is 4.64. The van der Waals surface area contributed by atoms with E-state index in [1.807, 2.05) is 81.4 Å². The highest BCUT2D eigenvalue weighted by Gasteiger charge is 2.20. The van der Waals surface area contributed by atoms with Crippen LogP contribution in [0.5, 0.6) is 0 Å². The van der Waals surface area contributed by atoms with Crippen molar-refractivity contribution < 1.29 is 21.9 Å². The summed E-state index contributed by atoms with van der Waals surface area (Å²) in [6.45, 7) is 0. The molecule has 0 fully saturated rings. The maximum absolute atomic E-state index is 9.75. The second kappa shape index (κ2) is 12.0. The Morgan fingerprint density at radius 3 is 1.54 bits per heavy atom. The molecule has 0 aliphatic rings. The van der Waals surface area contributed by atoms with Gasteiger partial charge in [-0.2, -0.15) is 0 Å². The van der Waals surface area contributed by atoms with Crippen LogP contribution in [-0.4, -0.2) is 66.6 Å². The lowest BCUT2D eigenvalue weighted by atomic mass is 10.2. The van der Waals surface area contributed by atoms with Gasteiger partial charge in [-0.15, -0.1) is 19.6 Å². The maximum Gasteiger partial charge on any atom is 0.673 e. The lowest BCUT2D eigenvalue weighted by Gasteiger charge is -2.11. The molecule has 12 heteroatoms. The van der Waals surface area contributed by atoms with Gasteiger partial charge >= 0.3 is 13.2 Å². The van der Waals surface area contributed by atoms with Gasteiger partial charge in [0, 0.05) is 39.6 Å². The fourth-order valence-corrected chi connectivity index (χ4v) is 2.93. The van der Waals surface area contributed by atoms with Crippen LogP contribution < -0.4 is 19.4 Å². The maximum atomic E-state index is 9.75. The summed E-state index contributed by atoms with van der Waals surface area (Å²) in [5, 5.41) is 9.23. The summed E-state index contributed by atoms with van der Waals surface area (Å²) in [4.78, 5) is 6.14. The van der Waals surface area contributed by atoms with Gasteiger partial charge in [0.05, 0.1) is 26.5 Å². The number of nitrogens with zero attached hydrogens (tertiary/aromatic N) is 7. The van der Waals surface area contributed by atoms with Crippen LogP contribution in [0.1, 0.15) is 11.1 Å². The van der Waals surface area contributed by atoms with Crippen LogP contribution in [0, 0.1) is 0 Å². The highest BCUT2D eigenvalue weighted by Crippen LogP contribution is 2.13. The predicted molar refractivity (Wildman–Crippen MR) is 137 cm³/mol. The molecule has 0 unspecified atom stereocenters. The molecular formula is C23H30BF4N7. The Morgan fingerprint density at radius 1 is 0.714 bits per heavy atom. The first-order valence-corrected chi connectivity index (χ1v) is 10.7. The van der Waals surface area contributed by atoms with E-state index in [4.69, 9.17) is 0 Å². The first-order valence-electron chi connectivity index (χ1n) is 10.7. The number of anilines is 3. The van der Waals surface area contributed by atoms with E-state index >= 15 is 0 Å². The largest absolute Gasteiger partial charge is 0.673 e. The van der Waals surface area contributed by atoms with E-state index in [-0.39, 0.29) is 0 Å². The molecule has 188 valence electrons. The van der Waals surface area contributed by atoms with Crippen LogP contribution in [0.3, 0.4) is 0 Å². The number of hydrogen-bond donors (Lipinski definition) is 0. The summed E-state index contributed by atoms with van der Waals surface area (Å²) < 4.78 is 42.6. The minimum atomic E-state index is -6.00. The van der Waals surface area contributed by atoms with Crippen molar-refractivity contribution in [3.05, 3.63) is 72.1 Å². The summed E-state index contributed by atoms with van der Waals surface area (Å²) in [5.41, 5.74) is 4.39. The molecule has 7 nitrogen and oxygen atoms in total. The third kappa shape index (κ3) is 9.15. The summed E-state index contributed by atoms with van der Waals surface area (Å²) in [7, 11) is 6.07. The lowest BCUT2D eigenvalue weighted by Crippen LogP contribution is -2.34. The van der Waals surface area contributed by atoms with Crippen LogP contribution in [-0.2, 0) is 0 Å². The van der Waals surface area contributed by atoms with Crippen molar-refractivity contribution in [3.8, 4) is 0 Å². The molecule has 0 aliphatic carbocycles. The Hall–Kier alpha value is -3.83. The van der Waals surface area contributed by atoms with Crippen LogP contribution in [0.4, 0.5) is 34.6 Å². The van der Waals surface area contributed by atoms with E-state index < -0.39 is 7.25 Å². The van der Waals surface area contributed by atoms with E-state index in [2.05, 4.69) is 68.5 Å². The molecule has 0 bridgehead atoms. The van der Waals surface area contributed by atoms with Crippen molar-refractivity contribution >= 4 is 37.0 Å². The van der Waals surface area contributed by atoms with Crippen LogP contribution in [0.25, 0.3) is 0 Å². The van der Waals surface area contributed by atoms with E-state index in [0.717, 1.165) is 28.5 Å². The molecule has 0 spiro atoms. The Balaban J connectivity index is 0.000000784. The Morgan fingerprint density at radius 2 is 1.14 bits per heavy atom. The second-order valence-corrected chi connectivity index (χ2v) is 8.14. The molecule has 1 aromatic heterocycles. The molecule has 0 atom stereocenters. The minimum Gasteiger partial charge on any atom is -0.418 e. The first-order chi connectivity index (χ1) is 16.3. The van der Waals surface area contributed by atoms with Crippen molar-refractivity contribution in [1.29, 1.82) is 0 Å². The third-order valence-electron chi connectivity index (χ3n) is 4.64. The molecule has 3 aromatic rings. The highest BCUT2D eigenvalue weighted by atomic mass is 19.5. The number of benzene rings is 2.